The van der Waals surface area contributed by atoms with Crippen molar-refractivity contribution in [3.05, 3.63) is 80.6 Å². The Labute approximate surface area is 184 Å². The first-order chi connectivity index (χ1) is 14.2. The molecule has 1 heterocycles. The first kappa shape index (κ1) is 21.8. The Morgan fingerprint density at radius 1 is 1.03 bits per heavy atom. The van der Waals surface area contributed by atoms with Gasteiger partial charge < -0.3 is 10.1 Å². The Morgan fingerprint density at radius 3 is 2.37 bits per heavy atom. The lowest BCUT2D eigenvalue weighted by Crippen LogP contribution is -2.21. The van der Waals surface area contributed by atoms with E-state index in [0.29, 0.717) is 29.2 Å². The average Bonchev–Trinajstić information content (AvgIpc) is 2.97. The highest BCUT2D eigenvalue weighted by Gasteiger charge is 2.21. The standard InChI is InChI=1S/C23H24BrN3O3/c1-14-5-8-18(9-6-14)12-27-17(4)22(16(3)26-27)23(29)30-13-21(28)25-20-10-7-15(2)11-19(20)24/h5-11H,12-13H2,1-4H3,(H,25,28). The second-order valence-corrected chi connectivity index (χ2v) is 8.15. The molecule has 6 nitrogen and oxygen atoms in total. The molecule has 0 unspecified atom stereocenters. The van der Waals surface area contributed by atoms with E-state index in [9.17, 15) is 9.59 Å². The van der Waals surface area contributed by atoms with Crippen LogP contribution in [0, 0.1) is 27.7 Å². The van der Waals surface area contributed by atoms with Gasteiger partial charge in [0, 0.05) is 4.47 Å². The lowest BCUT2D eigenvalue weighted by Gasteiger charge is -2.09. The molecule has 1 amide bonds. The van der Waals surface area contributed by atoms with Crippen molar-refractivity contribution in [2.24, 2.45) is 0 Å². The highest BCUT2D eigenvalue weighted by molar-refractivity contribution is 9.10. The number of benzene rings is 2. The molecule has 1 aromatic heterocycles. The third-order valence-electron chi connectivity index (χ3n) is 4.77. The number of esters is 1. The average molecular weight is 470 g/mol. The van der Waals surface area contributed by atoms with Crippen molar-refractivity contribution in [1.29, 1.82) is 0 Å². The zero-order chi connectivity index (χ0) is 21.8. The minimum absolute atomic E-state index is 0.374. The Morgan fingerprint density at radius 2 is 1.70 bits per heavy atom. The fourth-order valence-electron chi connectivity index (χ4n) is 3.12. The number of aromatic nitrogens is 2. The van der Waals surface area contributed by atoms with E-state index in [4.69, 9.17) is 4.74 Å². The number of nitrogens with one attached hydrogen (secondary N) is 1. The lowest BCUT2D eigenvalue weighted by atomic mass is 10.1. The molecule has 7 heteroatoms. The molecular formula is C23H24BrN3O3. The summed E-state index contributed by atoms with van der Waals surface area (Å²) < 4.78 is 7.79. The van der Waals surface area contributed by atoms with Crippen molar-refractivity contribution in [2.45, 2.75) is 34.2 Å². The predicted octanol–water partition coefficient (Wildman–Crippen LogP) is 4.72. The molecule has 0 bridgehead atoms. The van der Waals surface area contributed by atoms with E-state index in [-0.39, 0.29) is 6.61 Å². The molecule has 0 saturated carbocycles. The van der Waals surface area contributed by atoms with Crippen LogP contribution in [0.4, 0.5) is 5.69 Å². The van der Waals surface area contributed by atoms with Gasteiger partial charge in [0.25, 0.3) is 5.91 Å². The van der Waals surface area contributed by atoms with Crippen molar-refractivity contribution in [2.75, 3.05) is 11.9 Å². The third-order valence-corrected chi connectivity index (χ3v) is 5.43. The first-order valence-corrected chi connectivity index (χ1v) is 10.4. The molecule has 0 radical (unpaired) electrons. The van der Waals surface area contributed by atoms with Gasteiger partial charge in [0.15, 0.2) is 6.61 Å². The smallest absolute Gasteiger partial charge is 0.342 e. The number of halogens is 1. The molecule has 0 fully saturated rings. The summed E-state index contributed by atoms with van der Waals surface area (Å²) in [6, 6.07) is 13.7. The highest BCUT2D eigenvalue weighted by Crippen LogP contribution is 2.23. The van der Waals surface area contributed by atoms with Crippen LogP contribution in [0.3, 0.4) is 0 Å². The maximum atomic E-state index is 12.6. The summed E-state index contributed by atoms with van der Waals surface area (Å²) in [6.07, 6.45) is 0. The van der Waals surface area contributed by atoms with Crippen molar-refractivity contribution < 1.29 is 14.3 Å². The largest absolute Gasteiger partial charge is 0.452 e. The van der Waals surface area contributed by atoms with Crippen LogP contribution in [0.1, 0.15) is 38.4 Å². The van der Waals surface area contributed by atoms with Gasteiger partial charge in [0.2, 0.25) is 0 Å². The van der Waals surface area contributed by atoms with Gasteiger partial charge in [0.1, 0.15) is 5.56 Å². The lowest BCUT2D eigenvalue weighted by molar-refractivity contribution is -0.119. The van der Waals surface area contributed by atoms with Gasteiger partial charge in [-0.3, -0.25) is 9.48 Å². The number of hydrogen-bond acceptors (Lipinski definition) is 4. The summed E-state index contributed by atoms with van der Waals surface area (Å²) in [5, 5.41) is 7.20. The summed E-state index contributed by atoms with van der Waals surface area (Å²) >= 11 is 3.41. The number of hydrogen-bond donors (Lipinski definition) is 1. The Balaban J connectivity index is 1.64. The van der Waals surface area contributed by atoms with Gasteiger partial charge >= 0.3 is 5.97 Å². The van der Waals surface area contributed by atoms with Crippen LogP contribution in [0.15, 0.2) is 46.9 Å². The van der Waals surface area contributed by atoms with Crippen molar-refractivity contribution >= 4 is 33.5 Å². The van der Waals surface area contributed by atoms with Crippen LogP contribution < -0.4 is 5.32 Å². The molecule has 0 aliphatic heterocycles. The zero-order valence-electron chi connectivity index (χ0n) is 17.5. The zero-order valence-corrected chi connectivity index (χ0v) is 19.0. The molecule has 30 heavy (non-hydrogen) atoms. The molecule has 0 aliphatic carbocycles. The Kier molecular flexibility index (Phi) is 6.72. The minimum atomic E-state index is -0.557. The minimum Gasteiger partial charge on any atom is -0.452 e. The van der Waals surface area contributed by atoms with Crippen molar-refractivity contribution in [3.63, 3.8) is 0 Å². The number of rotatable bonds is 6. The van der Waals surface area contributed by atoms with Gasteiger partial charge in [-0.25, -0.2) is 4.79 Å². The molecule has 0 aliphatic rings. The Hall–Kier alpha value is -2.93. The van der Waals surface area contributed by atoms with Crippen molar-refractivity contribution in [1.82, 2.24) is 9.78 Å². The SMILES string of the molecule is Cc1ccc(Cn2nc(C)c(C(=O)OCC(=O)Nc3ccc(C)cc3Br)c2C)cc1. The van der Waals surface area contributed by atoms with E-state index < -0.39 is 11.9 Å². The highest BCUT2D eigenvalue weighted by atomic mass is 79.9. The fourth-order valence-corrected chi connectivity index (χ4v) is 3.72. The summed E-state index contributed by atoms with van der Waals surface area (Å²) in [6.45, 7) is 7.77. The summed E-state index contributed by atoms with van der Waals surface area (Å²) in [5.41, 5.74) is 5.65. The third kappa shape index (κ3) is 5.16. The van der Waals surface area contributed by atoms with Crippen LogP contribution in [-0.4, -0.2) is 28.3 Å². The maximum absolute atomic E-state index is 12.6. The number of ether oxygens (including phenoxy) is 1. The summed E-state index contributed by atoms with van der Waals surface area (Å²) in [5.74, 6) is -0.964. The van der Waals surface area contributed by atoms with E-state index in [1.807, 2.05) is 57.2 Å². The van der Waals surface area contributed by atoms with Crippen LogP contribution >= 0.6 is 15.9 Å². The number of carbonyl (C=O) groups excluding carboxylic acids is 2. The molecule has 3 aromatic rings. The van der Waals surface area contributed by atoms with Crippen LogP contribution in [0.5, 0.6) is 0 Å². The molecule has 1 N–H and O–H groups in total. The van der Waals surface area contributed by atoms with Gasteiger partial charge in [0.05, 0.1) is 23.6 Å². The Bertz CT molecular complexity index is 1090. The second-order valence-electron chi connectivity index (χ2n) is 7.30. The van der Waals surface area contributed by atoms with Gasteiger partial charge in [-0.2, -0.15) is 5.10 Å². The van der Waals surface area contributed by atoms with Gasteiger partial charge in [-0.05, 0) is 66.9 Å². The van der Waals surface area contributed by atoms with Crippen LogP contribution in [-0.2, 0) is 16.1 Å². The molecule has 0 spiro atoms. The molecule has 0 saturated heterocycles. The maximum Gasteiger partial charge on any atom is 0.342 e. The predicted molar refractivity (Wildman–Crippen MR) is 120 cm³/mol. The first-order valence-electron chi connectivity index (χ1n) is 9.57. The van der Waals surface area contributed by atoms with E-state index >= 15 is 0 Å². The van der Waals surface area contributed by atoms with Crippen LogP contribution in [0.25, 0.3) is 0 Å². The van der Waals surface area contributed by atoms with Gasteiger partial charge in [-0.15, -0.1) is 0 Å². The number of aryl methyl sites for hydroxylation is 3. The van der Waals surface area contributed by atoms with Gasteiger partial charge in [-0.1, -0.05) is 35.9 Å². The van der Waals surface area contributed by atoms with E-state index in [0.717, 1.165) is 15.6 Å². The monoisotopic (exact) mass is 469 g/mol. The van der Waals surface area contributed by atoms with E-state index in [1.165, 1.54) is 5.56 Å². The normalized spacial score (nSPS) is 10.7. The molecule has 3 rings (SSSR count). The number of nitrogens with zero attached hydrogens (tertiary/aromatic N) is 2. The summed E-state index contributed by atoms with van der Waals surface area (Å²) in [4.78, 5) is 24.8. The number of amides is 1. The molecule has 156 valence electrons. The van der Waals surface area contributed by atoms with E-state index in [1.54, 1.807) is 17.7 Å². The van der Waals surface area contributed by atoms with Crippen LogP contribution in [0.2, 0.25) is 0 Å². The van der Waals surface area contributed by atoms with Crippen molar-refractivity contribution in [3.8, 4) is 0 Å². The topological polar surface area (TPSA) is 73.2 Å². The fraction of sp³-hybridized carbons (Fsp3) is 0.261. The number of anilines is 1. The molecule has 2 aromatic carbocycles. The summed E-state index contributed by atoms with van der Waals surface area (Å²) in [7, 11) is 0. The van der Waals surface area contributed by atoms with E-state index in [2.05, 4.69) is 26.3 Å². The second kappa shape index (κ2) is 9.26. The quantitative estimate of drug-likeness (QED) is 0.529. The molecular weight excluding hydrogens is 446 g/mol. The number of carbonyl (C=O) groups is 2. The molecule has 0 atom stereocenters.